The lowest BCUT2D eigenvalue weighted by Gasteiger charge is -2.07. The minimum Gasteiger partial charge on any atom is -0.478 e. The van der Waals surface area contributed by atoms with Gasteiger partial charge in [-0.2, -0.15) is 0 Å². The van der Waals surface area contributed by atoms with Crippen LogP contribution in [0, 0.1) is 0 Å². The van der Waals surface area contributed by atoms with E-state index in [1.807, 2.05) is 0 Å². The average molecular weight is 303 g/mol. The number of carboxylic acid groups (broad SMARTS) is 1. The topological polar surface area (TPSA) is 54.4 Å². The number of hydrogen-bond acceptors (Lipinski definition) is 3. The first-order valence-corrected chi connectivity index (χ1v) is 6.71. The first-order valence-electron chi connectivity index (χ1n) is 4.57. The quantitative estimate of drug-likeness (QED) is 0.527. The van der Waals surface area contributed by atoms with Gasteiger partial charge in [-0.1, -0.05) is 22.0 Å². The molecule has 0 amide bonds. The molecule has 1 rings (SSSR count). The van der Waals surface area contributed by atoms with Crippen molar-refractivity contribution in [1.82, 2.24) is 0 Å². The third-order valence-electron chi connectivity index (χ3n) is 2.08. The van der Waals surface area contributed by atoms with Crippen LogP contribution in [0.15, 0.2) is 23.1 Å². The van der Waals surface area contributed by atoms with Crippen LogP contribution in [-0.4, -0.2) is 27.9 Å². The summed E-state index contributed by atoms with van der Waals surface area (Å²) in [6.45, 7) is 1.74. The highest BCUT2D eigenvalue weighted by Crippen LogP contribution is 2.23. The van der Waals surface area contributed by atoms with E-state index in [-0.39, 0.29) is 16.2 Å². The lowest BCUT2D eigenvalue weighted by molar-refractivity contribution is 0.0692. The molecule has 0 spiro atoms. The van der Waals surface area contributed by atoms with Gasteiger partial charge in [0.05, 0.1) is 10.4 Å². The highest BCUT2D eigenvalue weighted by Gasteiger charge is 2.16. The molecule has 1 aromatic carbocycles. The Bertz CT molecular complexity index is 429. The van der Waals surface area contributed by atoms with Gasteiger partial charge in [0.15, 0.2) is 5.78 Å². The third kappa shape index (κ3) is 2.86. The number of Topliss-reactive ketones (excluding diaryl/α,β-unsaturated/α-hetero) is 1. The van der Waals surface area contributed by atoms with Crippen LogP contribution in [0.5, 0.6) is 0 Å². The molecule has 0 bridgehead atoms. The summed E-state index contributed by atoms with van der Waals surface area (Å²) in [4.78, 5) is 22.9. The van der Waals surface area contributed by atoms with E-state index in [1.54, 1.807) is 25.3 Å². The molecule has 0 aliphatic heterocycles. The molecule has 16 heavy (non-hydrogen) atoms. The zero-order valence-corrected chi connectivity index (χ0v) is 11.3. The van der Waals surface area contributed by atoms with Gasteiger partial charge in [-0.05, 0) is 25.3 Å². The smallest absolute Gasteiger partial charge is 0.336 e. The van der Waals surface area contributed by atoms with Crippen molar-refractivity contribution in [3.05, 3.63) is 29.3 Å². The maximum Gasteiger partial charge on any atom is 0.336 e. The van der Waals surface area contributed by atoms with Gasteiger partial charge in [-0.3, -0.25) is 4.79 Å². The average Bonchev–Trinajstić information content (AvgIpc) is 2.26. The summed E-state index contributed by atoms with van der Waals surface area (Å²) in [6, 6.07) is 4.63. The number of carboxylic acids is 1. The predicted octanol–water partition coefficient (Wildman–Crippen LogP) is 3.07. The molecule has 0 aromatic heterocycles. The summed E-state index contributed by atoms with van der Waals surface area (Å²) in [7, 11) is 0. The fourth-order valence-corrected chi connectivity index (χ4v) is 2.14. The largest absolute Gasteiger partial charge is 0.478 e. The fraction of sp³-hybridized carbons (Fsp3) is 0.273. The number of alkyl halides is 1. The van der Waals surface area contributed by atoms with Crippen molar-refractivity contribution >= 4 is 39.4 Å². The van der Waals surface area contributed by atoms with E-state index < -0.39 is 5.97 Å². The molecule has 0 aliphatic rings. The number of benzene rings is 1. The minimum atomic E-state index is -0.977. The van der Waals surface area contributed by atoms with E-state index in [0.29, 0.717) is 10.5 Å². The monoisotopic (exact) mass is 302 g/mol. The molecule has 0 radical (unpaired) electrons. The summed E-state index contributed by atoms with van der Waals surface area (Å²) < 4.78 is 0. The van der Waals surface area contributed by atoms with Crippen LogP contribution in [0.2, 0.25) is 0 Å². The second kappa shape index (κ2) is 5.50. The van der Waals surface area contributed by atoms with Crippen molar-refractivity contribution < 1.29 is 14.7 Å². The number of carbonyl (C=O) groups is 2. The molecule has 0 heterocycles. The zero-order valence-electron chi connectivity index (χ0n) is 8.86. The number of rotatable bonds is 4. The van der Waals surface area contributed by atoms with Gasteiger partial charge < -0.3 is 5.11 Å². The Morgan fingerprint density at radius 1 is 1.44 bits per heavy atom. The lowest BCUT2D eigenvalue weighted by Crippen LogP contribution is -2.11. The molecular weight excluding hydrogens is 292 g/mol. The van der Waals surface area contributed by atoms with Crippen molar-refractivity contribution in [3.63, 3.8) is 0 Å². The second-order valence-electron chi connectivity index (χ2n) is 3.20. The first-order chi connectivity index (χ1) is 7.47. The van der Waals surface area contributed by atoms with Crippen LogP contribution >= 0.6 is 27.7 Å². The molecule has 5 heteroatoms. The van der Waals surface area contributed by atoms with Crippen molar-refractivity contribution in [3.8, 4) is 0 Å². The molecule has 1 atom stereocenters. The van der Waals surface area contributed by atoms with Crippen LogP contribution in [0.1, 0.15) is 27.6 Å². The Hall–Kier alpha value is -0.810. The maximum atomic E-state index is 11.7. The van der Waals surface area contributed by atoms with Crippen LogP contribution in [0.4, 0.5) is 0 Å². The van der Waals surface area contributed by atoms with E-state index >= 15 is 0 Å². The van der Waals surface area contributed by atoms with Crippen LogP contribution in [0.25, 0.3) is 0 Å². The van der Waals surface area contributed by atoms with Gasteiger partial charge in [-0.15, -0.1) is 11.8 Å². The fourth-order valence-electron chi connectivity index (χ4n) is 1.25. The Kier molecular flexibility index (Phi) is 4.56. The molecule has 0 saturated heterocycles. The van der Waals surface area contributed by atoms with Gasteiger partial charge in [-0.25, -0.2) is 4.79 Å². The van der Waals surface area contributed by atoms with E-state index in [2.05, 4.69) is 15.9 Å². The molecule has 0 fully saturated rings. The summed E-state index contributed by atoms with van der Waals surface area (Å²) in [5.74, 6) is -1.03. The van der Waals surface area contributed by atoms with E-state index in [1.165, 1.54) is 17.8 Å². The summed E-state index contributed by atoms with van der Waals surface area (Å²) in [6.07, 6.45) is 1.79. The Morgan fingerprint density at radius 2 is 2.06 bits per heavy atom. The van der Waals surface area contributed by atoms with Crippen molar-refractivity contribution in [2.24, 2.45) is 0 Å². The molecule has 0 aliphatic carbocycles. The van der Waals surface area contributed by atoms with Gasteiger partial charge in [0.2, 0.25) is 0 Å². The van der Waals surface area contributed by atoms with E-state index in [4.69, 9.17) is 5.11 Å². The summed E-state index contributed by atoms with van der Waals surface area (Å²) in [5, 5.41) is 8.93. The highest BCUT2D eigenvalue weighted by molar-refractivity contribution is 9.10. The van der Waals surface area contributed by atoms with Crippen LogP contribution in [0.3, 0.4) is 0 Å². The van der Waals surface area contributed by atoms with Crippen molar-refractivity contribution in [2.75, 3.05) is 6.26 Å². The second-order valence-corrected chi connectivity index (χ2v) is 5.42. The molecule has 0 saturated carbocycles. The molecule has 86 valence electrons. The summed E-state index contributed by atoms with van der Waals surface area (Å²) >= 11 is 4.52. The number of ketones is 1. The third-order valence-corrected chi connectivity index (χ3v) is 3.27. The normalized spacial score (nSPS) is 12.2. The van der Waals surface area contributed by atoms with E-state index in [0.717, 1.165) is 0 Å². The van der Waals surface area contributed by atoms with Gasteiger partial charge in [0, 0.05) is 10.5 Å². The van der Waals surface area contributed by atoms with Gasteiger partial charge in [0.1, 0.15) is 0 Å². The Morgan fingerprint density at radius 3 is 2.50 bits per heavy atom. The predicted molar refractivity (Wildman–Crippen MR) is 67.9 cm³/mol. The minimum absolute atomic E-state index is 0.0489. The van der Waals surface area contributed by atoms with E-state index in [9.17, 15) is 9.59 Å². The SMILES string of the molecule is CSc1cc(C(=O)C(C)Br)ccc1C(=O)O. The maximum absolute atomic E-state index is 11.7. The number of thioether (sulfide) groups is 1. The van der Waals surface area contributed by atoms with Crippen LogP contribution in [-0.2, 0) is 0 Å². The number of aromatic carboxylic acids is 1. The standard InChI is InChI=1S/C11H11BrO3S/c1-6(12)10(13)7-3-4-8(11(14)15)9(5-7)16-2/h3-6H,1-2H3,(H,14,15). The zero-order chi connectivity index (χ0) is 12.3. The Balaban J connectivity index is 3.19. The van der Waals surface area contributed by atoms with Crippen molar-refractivity contribution in [1.29, 1.82) is 0 Å². The van der Waals surface area contributed by atoms with Gasteiger partial charge in [0.25, 0.3) is 0 Å². The van der Waals surface area contributed by atoms with Crippen LogP contribution < -0.4 is 0 Å². The number of hydrogen-bond donors (Lipinski definition) is 1. The Labute approximate surface area is 106 Å². The number of halogens is 1. The molecular formula is C11H11BrO3S. The first kappa shape index (κ1) is 13.3. The van der Waals surface area contributed by atoms with Crippen molar-refractivity contribution in [2.45, 2.75) is 16.6 Å². The molecule has 1 unspecified atom stereocenters. The molecule has 1 N–H and O–H groups in total. The molecule has 1 aromatic rings. The highest BCUT2D eigenvalue weighted by atomic mass is 79.9. The lowest BCUT2D eigenvalue weighted by atomic mass is 10.1. The summed E-state index contributed by atoms with van der Waals surface area (Å²) in [5.41, 5.74) is 0.755. The van der Waals surface area contributed by atoms with Gasteiger partial charge >= 0.3 is 5.97 Å². The number of carbonyl (C=O) groups excluding carboxylic acids is 1. The molecule has 3 nitrogen and oxygen atoms in total.